The number of aromatic nitrogens is 2. The van der Waals surface area contributed by atoms with E-state index in [1.807, 2.05) is 0 Å². The Balaban J connectivity index is 0.000000282. The van der Waals surface area contributed by atoms with Crippen molar-refractivity contribution >= 4 is 6.09 Å². The van der Waals surface area contributed by atoms with Crippen LogP contribution >= 0.6 is 0 Å². The second kappa shape index (κ2) is 14.8. The van der Waals surface area contributed by atoms with Gasteiger partial charge in [-0.15, -0.1) is 0 Å². The van der Waals surface area contributed by atoms with Gasteiger partial charge in [0.15, 0.2) is 0 Å². The molecule has 0 aromatic carbocycles. The number of carbonyl (C=O) groups is 1. The van der Waals surface area contributed by atoms with E-state index >= 15 is 0 Å². The van der Waals surface area contributed by atoms with E-state index in [9.17, 15) is 31.1 Å². The average molecular weight is 592 g/mol. The number of likely N-dealkylation sites (tertiary alicyclic amines) is 1. The summed E-state index contributed by atoms with van der Waals surface area (Å²) in [6.07, 6.45) is -3.98. The average Bonchev–Trinajstić information content (AvgIpc) is 2.93. The first-order valence-electron chi connectivity index (χ1n) is 14.3. The molecule has 0 saturated carbocycles. The summed E-state index contributed by atoms with van der Waals surface area (Å²) in [6, 6.07) is 4.81. The third-order valence-corrected chi connectivity index (χ3v) is 6.55. The molecule has 6 nitrogen and oxygen atoms in total. The Morgan fingerprint density at radius 3 is 1.68 bits per heavy atom. The molecule has 2 fully saturated rings. The largest absolute Gasteiger partial charge is 0.444 e. The summed E-state index contributed by atoms with van der Waals surface area (Å²) in [5.41, 5.74) is -1.57. The summed E-state index contributed by atoms with van der Waals surface area (Å²) in [4.78, 5) is 21.4. The third-order valence-electron chi connectivity index (χ3n) is 6.55. The summed E-state index contributed by atoms with van der Waals surface area (Å²) in [6.45, 7) is 9.89. The molecule has 4 heterocycles. The van der Waals surface area contributed by atoms with Gasteiger partial charge in [0.05, 0.1) is 22.5 Å². The Morgan fingerprint density at radius 1 is 0.878 bits per heavy atom. The first-order chi connectivity index (χ1) is 19.6. The van der Waals surface area contributed by atoms with Crippen molar-refractivity contribution < 1.29 is 37.2 Å². The molecule has 0 atom stereocenters. The SMILES string of the molecule is CC(C)(C)OC(=O)N1CCC(c2ncccc2C(F)(F)F)CC1.FC(F)(F)c1cccnc1C1CCNCC1.[2H]CC. The number of carbonyl (C=O) groups excluding carboxylic acids is 1. The van der Waals surface area contributed by atoms with E-state index in [-0.39, 0.29) is 23.2 Å². The number of alkyl halides is 6. The van der Waals surface area contributed by atoms with Crippen LogP contribution < -0.4 is 5.32 Å². The van der Waals surface area contributed by atoms with E-state index in [2.05, 4.69) is 15.3 Å². The van der Waals surface area contributed by atoms with Crippen LogP contribution in [-0.2, 0) is 17.1 Å². The normalized spacial score (nSPS) is 17.4. The minimum absolute atomic E-state index is 0.0703. The second-order valence-corrected chi connectivity index (χ2v) is 10.6. The Kier molecular flexibility index (Phi) is 11.8. The van der Waals surface area contributed by atoms with Gasteiger partial charge >= 0.3 is 18.4 Å². The minimum atomic E-state index is -4.41. The van der Waals surface area contributed by atoms with Gasteiger partial charge in [-0.2, -0.15) is 26.3 Å². The lowest BCUT2D eigenvalue weighted by atomic mass is 9.90. The Bertz CT molecular complexity index is 1110. The van der Waals surface area contributed by atoms with E-state index in [0.717, 1.165) is 38.1 Å². The number of halogens is 6. The number of hydrogen-bond acceptors (Lipinski definition) is 5. The van der Waals surface area contributed by atoms with Crippen molar-refractivity contribution in [3.8, 4) is 0 Å². The van der Waals surface area contributed by atoms with Crippen LogP contribution in [0, 0.1) is 0 Å². The van der Waals surface area contributed by atoms with Gasteiger partial charge in [0, 0.05) is 38.7 Å². The molecule has 2 aliphatic rings. The van der Waals surface area contributed by atoms with Gasteiger partial charge < -0.3 is 15.0 Å². The van der Waals surface area contributed by atoms with Crippen LogP contribution in [0.15, 0.2) is 36.7 Å². The van der Waals surface area contributed by atoms with Crippen molar-refractivity contribution in [3.05, 3.63) is 59.2 Å². The Labute approximate surface area is 239 Å². The van der Waals surface area contributed by atoms with Crippen LogP contribution in [0.25, 0.3) is 0 Å². The molecule has 2 saturated heterocycles. The lowest BCUT2D eigenvalue weighted by molar-refractivity contribution is -0.139. The van der Waals surface area contributed by atoms with E-state index in [1.54, 1.807) is 27.7 Å². The zero-order valence-corrected chi connectivity index (χ0v) is 23.9. The standard InChI is InChI=1S/C16H21F3N2O2.C11H13F3N2.C2H6/c1-15(2,3)23-14(22)21-9-6-11(7-10-21)13-12(16(17,18)19)5-4-8-20-13;12-11(13,14)9-2-1-5-16-10(9)8-3-6-15-7-4-8;1-2/h4-5,8,11H,6-7,9-10H2,1-3H3;1-2,5,8,15H,3-4,6-7H2;1-2H3/i;;1D. The van der Waals surface area contributed by atoms with E-state index in [1.165, 1.54) is 29.4 Å². The van der Waals surface area contributed by atoms with Gasteiger partial charge in [-0.05, 0) is 83.8 Å². The lowest BCUT2D eigenvalue weighted by Gasteiger charge is -2.33. The summed E-state index contributed by atoms with van der Waals surface area (Å²) in [5, 5.41) is 3.13. The summed E-state index contributed by atoms with van der Waals surface area (Å²) in [5.74, 6) is -0.370. The van der Waals surface area contributed by atoms with Crippen molar-refractivity contribution in [2.24, 2.45) is 0 Å². The fraction of sp³-hybridized carbons (Fsp3) is 0.621. The first kappa shape index (κ1) is 32.6. The molecule has 0 bridgehead atoms. The van der Waals surface area contributed by atoms with Crippen LogP contribution in [0.3, 0.4) is 0 Å². The maximum Gasteiger partial charge on any atom is 0.418 e. The number of amides is 1. The fourth-order valence-corrected chi connectivity index (χ4v) is 4.72. The number of rotatable bonds is 2. The zero-order valence-electron chi connectivity index (χ0n) is 24.9. The highest BCUT2D eigenvalue weighted by atomic mass is 19.4. The molecule has 2 aliphatic heterocycles. The van der Waals surface area contributed by atoms with Crippen LogP contribution in [0.2, 0.25) is 0 Å². The number of piperidine rings is 2. The molecule has 0 unspecified atom stereocenters. The first-order valence-corrected chi connectivity index (χ1v) is 13.6. The van der Waals surface area contributed by atoms with Crippen molar-refractivity contribution in [3.63, 3.8) is 0 Å². The Morgan fingerprint density at radius 2 is 1.29 bits per heavy atom. The monoisotopic (exact) mass is 591 g/mol. The summed E-state index contributed by atoms with van der Waals surface area (Å²) in [7, 11) is 0. The molecule has 12 heteroatoms. The molecule has 4 rings (SSSR count). The van der Waals surface area contributed by atoms with E-state index < -0.39 is 35.2 Å². The van der Waals surface area contributed by atoms with Crippen LogP contribution in [0.5, 0.6) is 0 Å². The lowest BCUT2D eigenvalue weighted by Crippen LogP contribution is -2.41. The van der Waals surface area contributed by atoms with Gasteiger partial charge in [0.1, 0.15) is 5.60 Å². The second-order valence-electron chi connectivity index (χ2n) is 10.6. The van der Waals surface area contributed by atoms with Crippen LogP contribution in [0.1, 0.15) is 96.0 Å². The highest BCUT2D eigenvalue weighted by molar-refractivity contribution is 5.68. The van der Waals surface area contributed by atoms with E-state index in [4.69, 9.17) is 6.11 Å². The molecule has 2 aromatic heterocycles. The van der Waals surface area contributed by atoms with Gasteiger partial charge in [-0.3, -0.25) is 9.97 Å². The molecule has 2 aromatic rings. The van der Waals surface area contributed by atoms with Crippen molar-refractivity contribution in [1.82, 2.24) is 20.2 Å². The minimum Gasteiger partial charge on any atom is -0.444 e. The maximum atomic E-state index is 13.1. The fourth-order valence-electron chi connectivity index (χ4n) is 4.72. The molecular weight excluding hydrogens is 550 g/mol. The number of ether oxygens (including phenoxy) is 1. The van der Waals surface area contributed by atoms with Gasteiger partial charge in [0.2, 0.25) is 0 Å². The number of hydrogen-bond donors (Lipinski definition) is 1. The van der Waals surface area contributed by atoms with Gasteiger partial charge in [-0.1, -0.05) is 13.8 Å². The highest BCUT2D eigenvalue weighted by Crippen LogP contribution is 2.38. The number of nitrogens with zero attached hydrogens (tertiary/aromatic N) is 3. The van der Waals surface area contributed by atoms with Crippen LogP contribution in [0.4, 0.5) is 31.1 Å². The maximum absolute atomic E-state index is 13.1. The molecule has 1 amide bonds. The van der Waals surface area contributed by atoms with Gasteiger partial charge in [0.25, 0.3) is 0 Å². The van der Waals surface area contributed by atoms with Crippen molar-refractivity contribution in [2.75, 3.05) is 26.2 Å². The topological polar surface area (TPSA) is 67.3 Å². The smallest absolute Gasteiger partial charge is 0.418 e. The summed E-state index contributed by atoms with van der Waals surface area (Å²) >= 11 is 0. The van der Waals surface area contributed by atoms with Crippen LogP contribution in [-0.4, -0.2) is 52.7 Å². The zero-order chi connectivity index (χ0) is 31.6. The molecule has 1 N–H and O–H groups in total. The Hall–Kier alpha value is -2.89. The molecule has 0 radical (unpaired) electrons. The van der Waals surface area contributed by atoms with E-state index in [0.29, 0.717) is 32.8 Å². The van der Waals surface area contributed by atoms with Gasteiger partial charge in [-0.25, -0.2) is 4.79 Å². The van der Waals surface area contributed by atoms with Crippen molar-refractivity contribution in [2.45, 2.75) is 90.1 Å². The predicted molar refractivity (Wildman–Crippen MR) is 144 cm³/mol. The molecule has 0 aliphatic carbocycles. The quantitative estimate of drug-likeness (QED) is 0.361. The molecule has 230 valence electrons. The molecule has 0 spiro atoms. The number of pyridine rings is 2. The molecular formula is C29H40F6N4O2. The predicted octanol–water partition coefficient (Wildman–Crippen LogP) is 7.81. The summed E-state index contributed by atoms with van der Waals surface area (Å²) < 4.78 is 88.9. The molecule has 41 heavy (non-hydrogen) atoms. The highest BCUT2D eigenvalue weighted by Gasteiger charge is 2.38. The number of nitrogens with one attached hydrogen (secondary N) is 1. The third kappa shape index (κ3) is 10.5. The van der Waals surface area contributed by atoms with Crippen molar-refractivity contribution in [1.29, 1.82) is 0 Å².